The lowest BCUT2D eigenvalue weighted by Crippen LogP contribution is -2.61. The number of piperidine rings is 1. The fourth-order valence-electron chi connectivity index (χ4n) is 10.3. The summed E-state index contributed by atoms with van der Waals surface area (Å²) in [5, 5.41) is 33.3. The van der Waals surface area contributed by atoms with Crippen LogP contribution >= 0.6 is 0 Å². The topological polar surface area (TPSA) is 205 Å². The molecule has 4 aliphatic rings. The third kappa shape index (κ3) is 15.3. The van der Waals surface area contributed by atoms with Crippen LogP contribution in [0.5, 0.6) is 0 Å². The zero-order valence-electron chi connectivity index (χ0n) is 46.0. The smallest absolute Gasteiger partial charge is 0.329 e. The van der Waals surface area contributed by atoms with Crippen LogP contribution < -0.4 is 0 Å². The molecule has 3 N–H and O–H groups in total. The SMILES string of the molecule is [2H]C([2H])(O)C([2H])([2H])O[C@@H]1CC[C@@H](C[C@@H](C)[C@@H]2CC(=O)[C@H](C)/C=C(\C)[C@@H](O)[C@@H](OC)C(=O)[C@H](C)C[C@H](C)\C=C/C=C/C=C(\C)[C@@H](OC)C[C@@H]3CC[C@@H](C)[C@@](O)(O3)C(=O)C(=O)N3CCCC[C@H]3C(=O)O2)C[C@H]1OC. The summed E-state index contributed by atoms with van der Waals surface area (Å²) >= 11 is 0. The number of aliphatic hydroxyl groups is 3. The van der Waals surface area contributed by atoms with E-state index in [1.807, 2.05) is 51.2 Å². The van der Waals surface area contributed by atoms with E-state index in [1.54, 1.807) is 40.9 Å². The Kier molecular flexibility index (Phi) is 20.4. The number of hydrogen-bond donors (Lipinski definition) is 3. The molecule has 15 heteroatoms. The van der Waals surface area contributed by atoms with E-state index in [0.717, 1.165) is 10.5 Å². The van der Waals surface area contributed by atoms with Gasteiger partial charge in [-0.05, 0) is 107 Å². The summed E-state index contributed by atoms with van der Waals surface area (Å²) in [6, 6.07) is -1.22. The van der Waals surface area contributed by atoms with Crippen LogP contribution in [0.1, 0.15) is 131 Å². The molecule has 0 aromatic heterocycles. The van der Waals surface area contributed by atoms with E-state index < -0.39 is 109 Å². The number of fused-ring (bicyclic) bond motifs is 3. The summed E-state index contributed by atoms with van der Waals surface area (Å²) in [5.74, 6) is -8.91. The predicted molar refractivity (Wildman–Crippen MR) is 256 cm³/mol. The van der Waals surface area contributed by atoms with Crippen molar-refractivity contribution < 1.29 is 73.2 Å². The maximum atomic E-state index is 14.5. The van der Waals surface area contributed by atoms with Crippen molar-refractivity contribution >= 4 is 29.2 Å². The highest BCUT2D eigenvalue weighted by atomic mass is 16.6. The van der Waals surface area contributed by atoms with Crippen molar-refractivity contribution in [2.45, 2.75) is 180 Å². The molecule has 0 unspecified atom stereocenters. The van der Waals surface area contributed by atoms with Gasteiger partial charge in [0.25, 0.3) is 11.7 Å². The van der Waals surface area contributed by atoms with E-state index in [-0.39, 0.29) is 55.6 Å². The first-order valence-corrected chi connectivity index (χ1v) is 24.6. The molecule has 68 heavy (non-hydrogen) atoms. The Hall–Kier alpha value is -3.41. The predicted octanol–water partition coefficient (Wildman–Crippen LogP) is 6.20. The number of allylic oxidation sites excluding steroid dienone is 6. The molecule has 384 valence electrons. The Morgan fingerprint density at radius 1 is 0.882 bits per heavy atom. The first-order valence-electron chi connectivity index (χ1n) is 26.6. The second-order valence-electron chi connectivity index (χ2n) is 19.9. The number of aliphatic hydroxyl groups excluding tert-OH is 1. The third-order valence-corrected chi connectivity index (χ3v) is 14.7. The van der Waals surface area contributed by atoms with Crippen LogP contribution in [0.3, 0.4) is 0 Å². The van der Waals surface area contributed by atoms with Crippen molar-refractivity contribution in [3.63, 3.8) is 0 Å². The van der Waals surface area contributed by atoms with Gasteiger partial charge in [-0.25, -0.2) is 4.79 Å². The number of Topliss-reactive ketones (excluding diaryl/α,β-unsaturated/α-hetero) is 3. The number of cyclic esters (lactones) is 1. The van der Waals surface area contributed by atoms with Crippen LogP contribution in [0, 0.1) is 35.5 Å². The van der Waals surface area contributed by atoms with E-state index in [0.29, 0.717) is 56.9 Å². The zero-order valence-corrected chi connectivity index (χ0v) is 42.0. The molecule has 4 rings (SSSR count). The van der Waals surface area contributed by atoms with Gasteiger partial charge in [-0.2, -0.15) is 0 Å². The third-order valence-electron chi connectivity index (χ3n) is 14.7. The number of amides is 1. The van der Waals surface area contributed by atoms with Crippen LogP contribution in [0.2, 0.25) is 0 Å². The van der Waals surface area contributed by atoms with Crippen LogP contribution in [-0.4, -0.2) is 145 Å². The lowest BCUT2D eigenvalue weighted by molar-refractivity contribution is -0.265. The van der Waals surface area contributed by atoms with Crippen molar-refractivity contribution in [1.82, 2.24) is 4.90 Å². The number of hydrogen-bond acceptors (Lipinski definition) is 14. The minimum absolute atomic E-state index is 0.0148. The fraction of sp³-hybridized carbons (Fsp3) is 0.755. The summed E-state index contributed by atoms with van der Waals surface area (Å²) < 4.78 is 65.9. The molecule has 15 nitrogen and oxygen atoms in total. The van der Waals surface area contributed by atoms with Gasteiger partial charge in [0.1, 0.15) is 30.1 Å². The van der Waals surface area contributed by atoms with Gasteiger partial charge in [0.2, 0.25) is 5.79 Å². The molecule has 2 saturated heterocycles. The Bertz CT molecular complexity index is 1990. The van der Waals surface area contributed by atoms with Gasteiger partial charge >= 0.3 is 5.97 Å². The molecular formula is C53H83NO14. The van der Waals surface area contributed by atoms with Gasteiger partial charge in [-0.1, -0.05) is 71.1 Å². The summed E-state index contributed by atoms with van der Waals surface area (Å²) in [6.45, 7) is 6.12. The number of carbonyl (C=O) groups is 5. The molecule has 0 spiro atoms. The average Bonchev–Trinajstić information content (AvgIpc) is 3.32. The monoisotopic (exact) mass is 962 g/mol. The van der Waals surface area contributed by atoms with E-state index in [1.165, 1.54) is 14.2 Å². The van der Waals surface area contributed by atoms with E-state index >= 15 is 0 Å². The summed E-state index contributed by atoms with van der Waals surface area (Å²) in [4.78, 5) is 72.3. The molecule has 0 radical (unpaired) electrons. The number of ketones is 3. The largest absolute Gasteiger partial charge is 0.460 e. The molecule has 1 saturated carbocycles. The average molecular weight is 962 g/mol. The molecule has 3 aliphatic heterocycles. The van der Waals surface area contributed by atoms with Crippen molar-refractivity contribution in [3.05, 3.63) is 47.6 Å². The second-order valence-corrected chi connectivity index (χ2v) is 19.9. The lowest BCUT2D eigenvalue weighted by atomic mass is 9.78. The minimum atomic E-state index is -3.27. The van der Waals surface area contributed by atoms with Crippen molar-refractivity contribution in [2.24, 2.45) is 35.5 Å². The van der Waals surface area contributed by atoms with Crippen molar-refractivity contribution in [3.8, 4) is 0 Å². The van der Waals surface area contributed by atoms with Crippen LogP contribution in [0.25, 0.3) is 0 Å². The van der Waals surface area contributed by atoms with Gasteiger partial charge in [-0.3, -0.25) is 19.2 Å². The summed E-state index contributed by atoms with van der Waals surface area (Å²) in [7, 11) is 4.33. The van der Waals surface area contributed by atoms with E-state index in [9.17, 15) is 39.3 Å². The van der Waals surface area contributed by atoms with E-state index in [2.05, 4.69) is 0 Å². The van der Waals surface area contributed by atoms with Crippen molar-refractivity contribution in [2.75, 3.05) is 41.0 Å². The quantitative estimate of drug-likeness (QED) is 0.134. The number of esters is 1. The summed E-state index contributed by atoms with van der Waals surface area (Å²) in [6.07, 6.45) is 8.68. The normalized spacial score (nSPS) is 40.5. The molecule has 3 heterocycles. The number of methoxy groups -OCH3 is 3. The minimum Gasteiger partial charge on any atom is -0.460 e. The van der Waals surface area contributed by atoms with Crippen LogP contribution in [0.4, 0.5) is 0 Å². The molecule has 1 aliphatic carbocycles. The highest BCUT2D eigenvalue weighted by molar-refractivity contribution is 6.39. The van der Waals surface area contributed by atoms with Gasteiger partial charge in [-0.15, -0.1) is 0 Å². The first kappa shape index (κ1) is 51.0. The number of rotatable bonds is 9. The number of nitrogens with zero attached hydrogens (tertiary/aromatic N) is 1. The maximum Gasteiger partial charge on any atom is 0.329 e. The van der Waals surface area contributed by atoms with Gasteiger partial charge in [0.05, 0.1) is 43.0 Å². The summed E-state index contributed by atoms with van der Waals surface area (Å²) in [5.41, 5.74) is 1.19. The highest BCUT2D eigenvalue weighted by Crippen LogP contribution is 2.38. The molecular weight excluding hydrogens is 875 g/mol. The van der Waals surface area contributed by atoms with E-state index in [4.69, 9.17) is 33.9 Å². The van der Waals surface area contributed by atoms with Crippen LogP contribution in [-0.2, 0) is 52.4 Å². The standard InChI is InChI=1S/C53H83NO14/c1-32-16-12-11-13-17-33(2)44(63-8)30-40-21-19-38(7)53(62,68-40)50(59)51(60)54-23-15-14-18-41(54)52(61)67-45(35(4)28-39-20-22-43(66-25-24-55)46(29-39)64-9)31-42(56)34(3)27-37(6)48(58)49(65-10)47(57)36(5)26-32/h11-13,16-17,27,32,34-36,38-41,43-46,48-49,55,58,62H,14-15,18-26,28-31H2,1-10H3/b13-11+,16-12-,33-17+,37-27+/t32-,34-,35-,36-,38-,39+,40+,41+,43-,44+,45+,46-,48-,49+,53-/m1/s1/i24D2,25D2. The molecule has 3 fully saturated rings. The Labute approximate surface area is 410 Å². The van der Waals surface area contributed by atoms with Crippen LogP contribution in [0.15, 0.2) is 47.6 Å². The first-order chi connectivity index (χ1) is 33.7. The van der Waals surface area contributed by atoms with Crippen molar-refractivity contribution in [1.29, 1.82) is 0 Å². The molecule has 1 amide bonds. The lowest BCUT2D eigenvalue weighted by Gasteiger charge is -2.42. The zero-order chi connectivity index (χ0) is 53.9. The van der Waals surface area contributed by atoms with Gasteiger partial charge in [0.15, 0.2) is 5.78 Å². The Balaban J connectivity index is 1.70. The number of ether oxygens (including phenoxy) is 6. The second kappa shape index (κ2) is 27.3. The Morgan fingerprint density at radius 2 is 1.62 bits per heavy atom. The van der Waals surface area contributed by atoms with Gasteiger partial charge < -0.3 is 48.6 Å². The highest BCUT2D eigenvalue weighted by Gasteiger charge is 2.53. The maximum absolute atomic E-state index is 14.5. The number of carbonyl (C=O) groups excluding carboxylic acids is 5. The molecule has 0 aromatic carbocycles. The molecule has 15 atom stereocenters. The van der Waals surface area contributed by atoms with Gasteiger partial charge in [0, 0.05) is 58.5 Å². The molecule has 0 aromatic rings. The fourth-order valence-corrected chi connectivity index (χ4v) is 10.3. The molecule has 2 bridgehead atoms. The Morgan fingerprint density at radius 3 is 2.29 bits per heavy atom.